The van der Waals surface area contributed by atoms with E-state index in [2.05, 4.69) is 5.32 Å². The van der Waals surface area contributed by atoms with E-state index >= 15 is 0 Å². The largest absolute Gasteiger partial charge is 0.494 e. The second kappa shape index (κ2) is 8.51. The minimum atomic E-state index is -4.54. The van der Waals surface area contributed by atoms with E-state index in [-0.39, 0.29) is 17.0 Å². The molecular formula is C23H17F3N2O3S. The quantitative estimate of drug-likeness (QED) is 0.491. The maximum atomic E-state index is 13.3. The van der Waals surface area contributed by atoms with Gasteiger partial charge in [0.05, 0.1) is 23.4 Å². The second-order valence-corrected chi connectivity index (χ2v) is 7.75. The molecule has 1 N–H and O–H groups in total. The lowest BCUT2D eigenvalue weighted by molar-refractivity contribution is -0.137. The fraction of sp³-hybridized carbons (Fsp3) is 0.130. The summed E-state index contributed by atoms with van der Waals surface area (Å²) in [4.78, 5) is 28.0. The minimum absolute atomic E-state index is 0.0542. The molecule has 3 aromatic rings. The van der Waals surface area contributed by atoms with Gasteiger partial charge in [-0.05, 0) is 60.8 Å². The topological polar surface area (TPSA) is 58.6 Å². The zero-order valence-electron chi connectivity index (χ0n) is 16.8. The van der Waals surface area contributed by atoms with Crippen molar-refractivity contribution in [2.24, 2.45) is 0 Å². The van der Waals surface area contributed by atoms with Gasteiger partial charge in [0.2, 0.25) is 0 Å². The van der Waals surface area contributed by atoms with Crippen molar-refractivity contribution in [1.29, 1.82) is 0 Å². The van der Waals surface area contributed by atoms with E-state index in [4.69, 9.17) is 4.74 Å². The molecule has 2 aromatic carbocycles. The van der Waals surface area contributed by atoms with Crippen LogP contribution < -0.4 is 15.0 Å². The molecule has 5 nitrogen and oxygen atoms in total. The summed E-state index contributed by atoms with van der Waals surface area (Å²) in [5.41, 5.74) is -0.445. The van der Waals surface area contributed by atoms with E-state index in [9.17, 15) is 22.8 Å². The molecule has 1 aliphatic heterocycles. The van der Waals surface area contributed by atoms with E-state index in [0.29, 0.717) is 22.9 Å². The number of imide groups is 1. The lowest BCUT2D eigenvalue weighted by atomic mass is 10.1. The third-order valence-electron chi connectivity index (χ3n) is 4.72. The molecule has 2 heterocycles. The molecule has 164 valence electrons. The molecule has 0 unspecified atom stereocenters. The molecular weight excluding hydrogens is 441 g/mol. The Morgan fingerprint density at radius 2 is 1.75 bits per heavy atom. The molecule has 0 radical (unpaired) electrons. The lowest BCUT2D eigenvalue weighted by Crippen LogP contribution is -2.32. The van der Waals surface area contributed by atoms with Gasteiger partial charge in [-0.15, -0.1) is 11.3 Å². The number of carbonyl (C=O) groups excluding carboxylic acids is 2. The summed E-state index contributed by atoms with van der Waals surface area (Å²) in [5.74, 6) is -0.625. The molecule has 4 rings (SSSR count). The summed E-state index contributed by atoms with van der Waals surface area (Å²) in [5, 5.41) is 4.50. The summed E-state index contributed by atoms with van der Waals surface area (Å²) in [6.45, 7) is 2.31. The van der Waals surface area contributed by atoms with Crippen molar-refractivity contribution in [1.82, 2.24) is 0 Å². The van der Waals surface area contributed by atoms with Crippen LogP contribution in [0.2, 0.25) is 0 Å². The molecule has 1 aliphatic rings. The van der Waals surface area contributed by atoms with E-state index in [1.807, 2.05) is 6.92 Å². The van der Waals surface area contributed by atoms with E-state index in [1.54, 1.807) is 41.8 Å². The number of nitrogens with one attached hydrogen (secondary N) is 1. The van der Waals surface area contributed by atoms with Gasteiger partial charge in [-0.1, -0.05) is 12.1 Å². The molecule has 9 heteroatoms. The van der Waals surface area contributed by atoms with Crippen LogP contribution in [0.5, 0.6) is 5.75 Å². The summed E-state index contributed by atoms with van der Waals surface area (Å²) in [7, 11) is 0. The number of hydrogen-bond donors (Lipinski definition) is 1. The average Bonchev–Trinajstić information content (AvgIpc) is 3.36. The standard InChI is InChI=1S/C23H17F3N2O3S/c1-2-31-17-10-8-16(9-11-17)28-21(29)19(18-7-4-12-32-18)20(22(28)30)27-15-6-3-5-14(13-15)23(24,25)26/h3-13,27H,2H2,1H3. The third-order valence-corrected chi connectivity index (χ3v) is 5.60. The highest BCUT2D eigenvalue weighted by Gasteiger charge is 2.41. The number of halogens is 3. The molecule has 1 aromatic heterocycles. The zero-order chi connectivity index (χ0) is 22.9. The number of anilines is 2. The normalized spacial score (nSPS) is 14.3. The van der Waals surface area contributed by atoms with Crippen LogP contribution in [0.3, 0.4) is 0 Å². The van der Waals surface area contributed by atoms with Gasteiger partial charge >= 0.3 is 6.18 Å². The number of rotatable bonds is 6. The lowest BCUT2D eigenvalue weighted by Gasteiger charge is -2.16. The fourth-order valence-electron chi connectivity index (χ4n) is 3.31. The van der Waals surface area contributed by atoms with Gasteiger partial charge in [0.15, 0.2) is 0 Å². The Bertz CT molecular complexity index is 1190. The van der Waals surface area contributed by atoms with Crippen LogP contribution in [0.4, 0.5) is 24.5 Å². The molecule has 0 fully saturated rings. The van der Waals surface area contributed by atoms with Crippen LogP contribution in [0.25, 0.3) is 5.57 Å². The first-order chi connectivity index (χ1) is 15.3. The Balaban J connectivity index is 1.73. The van der Waals surface area contributed by atoms with Crippen LogP contribution >= 0.6 is 11.3 Å². The minimum Gasteiger partial charge on any atom is -0.494 e. The summed E-state index contributed by atoms with van der Waals surface area (Å²) >= 11 is 1.26. The Morgan fingerprint density at radius 3 is 2.38 bits per heavy atom. The number of nitrogens with zero attached hydrogens (tertiary/aromatic N) is 1. The van der Waals surface area contributed by atoms with Gasteiger partial charge in [-0.2, -0.15) is 13.2 Å². The van der Waals surface area contributed by atoms with Gasteiger partial charge in [0, 0.05) is 10.6 Å². The number of amides is 2. The first kappa shape index (κ1) is 21.6. The number of thiophene rings is 1. The Morgan fingerprint density at radius 1 is 1.00 bits per heavy atom. The van der Waals surface area contributed by atoms with Gasteiger partial charge in [-0.3, -0.25) is 9.59 Å². The van der Waals surface area contributed by atoms with Crippen molar-refractivity contribution in [2.45, 2.75) is 13.1 Å². The molecule has 0 saturated heterocycles. The highest BCUT2D eigenvalue weighted by molar-refractivity contribution is 7.11. The molecule has 0 atom stereocenters. The van der Waals surface area contributed by atoms with Crippen LogP contribution in [-0.2, 0) is 15.8 Å². The van der Waals surface area contributed by atoms with E-state index in [1.165, 1.54) is 23.5 Å². The molecule has 0 spiro atoms. The Hall–Kier alpha value is -3.59. The molecule has 32 heavy (non-hydrogen) atoms. The van der Waals surface area contributed by atoms with E-state index in [0.717, 1.165) is 17.0 Å². The number of hydrogen-bond acceptors (Lipinski definition) is 5. The number of ether oxygens (including phenoxy) is 1. The summed E-state index contributed by atoms with van der Waals surface area (Å²) in [6, 6.07) is 14.3. The van der Waals surface area contributed by atoms with Crippen LogP contribution in [-0.4, -0.2) is 18.4 Å². The maximum absolute atomic E-state index is 13.3. The second-order valence-electron chi connectivity index (χ2n) is 6.80. The first-order valence-corrected chi connectivity index (χ1v) is 10.5. The Labute approximate surface area is 185 Å². The smallest absolute Gasteiger partial charge is 0.416 e. The van der Waals surface area contributed by atoms with Crippen molar-refractivity contribution in [3.63, 3.8) is 0 Å². The van der Waals surface area contributed by atoms with Crippen LogP contribution in [0, 0.1) is 0 Å². The fourth-order valence-corrected chi connectivity index (χ4v) is 4.07. The number of alkyl halides is 3. The monoisotopic (exact) mass is 458 g/mol. The summed E-state index contributed by atoms with van der Waals surface area (Å²) < 4.78 is 44.7. The Kier molecular flexibility index (Phi) is 5.75. The van der Waals surface area contributed by atoms with Crippen molar-refractivity contribution < 1.29 is 27.5 Å². The third kappa shape index (κ3) is 4.11. The highest BCUT2D eigenvalue weighted by atomic mass is 32.1. The van der Waals surface area contributed by atoms with Crippen LogP contribution in [0.15, 0.2) is 71.7 Å². The van der Waals surface area contributed by atoms with Crippen molar-refractivity contribution >= 4 is 40.1 Å². The number of benzene rings is 2. The van der Waals surface area contributed by atoms with Gasteiger partial charge in [-0.25, -0.2) is 4.90 Å². The van der Waals surface area contributed by atoms with Gasteiger partial charge < -0.3 is 10.1 Å². The first-order valence-electron chi connectivity index (χ1n) is 9.63. The van der Waals surface area contributed by atoms with Crippen molar-refractivity contribution in [2.75, 3.05) is 16.8 Å². The molecule has 0 bridgehead atoms. The zero-order valence-corrected chi connectivity index (χ0v) is 17.6. The SMILES string of the molecule is CCOc1ccc(N2C(=O)C(Nc3cccc(C(F)(F)F)c3)=C(c3cccs3)C2=O)cc1. The van der Waals surface area contributed by atoms with E-state index < -0.39 is 23.6 Å². The average molecular weight is 458 g/mol. The summed E-state index contributed by atoms with van der Waals surface area (Å²) in [6.07, 6.45) is -4.54. The van der Waals surface area contributed by atoms with Gasteiger partial charge in [0.1, 0.15) is 11.4 Å². The number of carbonyl (C=O) groups is 2. The van der Waals surface area contributed by atoms with Crippen molar-refractivity contribution in [3.8, 4) is 5.75 Å². The van der Waals surface area contributed by atoms with Crippen LogP contribution in [0.1, 0.15) is 17.4 Å². The molecule has 0 aliphatic carbocycles. The predicted octanol–water partition coefficient (Wildman–Crippen LogP) is 5.56. The van der Waals surface area contributed by atoms with Crippen molar-refractivity contribution in [3.05, 3.63) is 82.2 Å². The maximum Gasteiger partial charge on any atom is 0.416 e. The predicted molar refractivity (Wildman–Crippen MR) is 116 cm³/mol. The highest BCUT2D eigenvalue weighted by Crippen LogP contribution is 2.37. The van der Waals surface area contributed by atoms with Gasteiger partial charge in [0.25, 0.3) is 11.8 Å². The molecule has 2 amide bonds. The molecule has 0 saturated carbocycles.